The Bertz CT molecular complexity index is 440. The highest BCUT2D eigenvalue weighted by Crippen LogP contribution is 2.36. The summed E-state index contributed by atoms with van der Waals surface area (Å²) in [5, 5.41) is 3.88. The van der Waals surface area contributed by atoms with Crippen LogP contribution >= 0.6 is 0 Å². The number of allylic oxidation sites excluding steroid dienone is 4. The lowest BCUT2D eigenvalue weighted by atomic mass is 9.74. The molecular weight excluding hydrogens is 226 g/mol. The predicted octanol–water partition coefficient (Wildman–Crippen LogP) is 3.52. The van der Waals surface area contributed by atoms with Crippen molar-refractivity contribution in [1.82, 2.24) is 0 Å². The van der Waals surface area contributed by atoms with Crippen molar-refractivity contribution >= 4 is 11.5 Å². The molecule has 3 nitrogen and oxygen atoms in total. The van der Waals surface area contributed by atoms with E-state index in [9.17, 15) is 4.79 Å². The summed E-state index contributed by atoms with van der Waals surface area (Å²) in [4.78, 5) is 17.0. The fourth-order valence-corrected chi connectivity index (χ4v) is 1.80. The van der Waals surface area contributed by atoms with Crippen LogP contribution in [-0.2, 0) is 9.63 Å². The van der Waals surface area contributed by atoms with E-state index in [2.05, 4.69) is 52.8 Å². The molecule has 0 aromatic heterocycles. The quantitative estimate of drug-likeness (QED) is 0.527. The Morgan fingerprint density at radius 3 is 1.94 bits per heavy atom. The number of hydrogen-bond donors (Lipinski definition) is 0. The van der Waals surface area contributed by atoms with Crippen LogP contribution in [0.25, 0.3) is 0 Å². The molecule has 0 fully saturated rings. The maximum absolute atomic E-state index is 12.2. The van der Waals surface area contributed by atoms with E-state index in [1.807, 2.05) is 0 Å². The second-order valence-electron chi connectivity index (χ2n) is 6.64. The standard InChI is InChI=1S/C15H23NO2/c1-14(2,3)10-8-11(15(4,5)6)13(16-18-7)12(17)9-10/h8-9H,1-7H3. The number of ketones is 1. The van der Waals surface area contributed by atoms with Crippen molar-refractivity contribution in [3.05, 3.63) is 23.3 Å². The molecule has 0 unspecified atom stereocenters. The van der Waals surface area contributed by atoms with Crippen LogP contribution in [0.3, 0.4) is 0 Å². The Morgan fingerprint density at radius 1 is 1.00 bits per heavy atom. The number of carbonyl (C=O) groups is 1. The molecule has 0 amide bonds. The molecule has 1 aliphatic rings. The van der Waals surface area contributed by atoms with Gasteiger partial charge in [-0.25, -0.2) is 0 Å². The molecule has 0 radical (unpaired) electrons. The smallest absolute Gasteiger partial charge is 0.208 e. The van der Waals surface area contributed by atoms with Crippen LogP contribution in [0.15, 0.2) is 28.5 Å². The molecule has 0 aromatic carbocycles. The lowest BCUT2D eigenvalue weighted by Gasteiger charge is -2.30. The van der Waals surface area contributed by atoms with Gasteiger partial charge >= 0.3 is 0 Å². The second kappa shape index (κ2) is 4.71. The van der Waals surface area contributed by atoms with Gasteiger partial charge in [0.05, 0.1) is 0 Å². The lowest BCUT2D eigenvalue weighted by Crippen LogP contribution is -2.29. The van der Waals surface area contributed by atoms with Gasteiger partial charge in [0, 0.05) is 0 Å². The SMILES string of the molecule is CON=C1C(=O)C=C(C(C)(C)C)C=C1C(C)(C)C. The molecule has 3 heteroatoms. The van der Waals surface area contributed by atoms with Crippen LogP contribution in [0.4, 0.5) is 0 Å². The zero-order chi connectivity index (χ0) is 14.1. The molecular formula is C15H23NO2. The molecule has 0 saturated heterocycles. The summed E-state index contributed by atoms with van der Waals surface area (Å²) < 4.78 is 0. The van der Waals surface area contributed by atoms with E-state index in [0.717, 1.165) is 11.1 Å². The van der Waals surface area contributed by atoms with Gasteiger partial charge in [0.15, 0.2) is 5.71 Å². The molecule has 0 heterocycles. The topological polar surface area (TPSA) is 38.7 Å². The zero-order valence-electron chi connectivity index (χ0n) is 12.4. The van der Waals surface area contributed by atoms with Gasteiger partial charge in [-0.1, -0.05) is 52.8 Å². The number of nitrogens with zero attached hydrogens (tertiary/aromatic N) is 1. The minimum Gasteiger partial charge on any atom is -0.399 e. The van der Waals surface area contributed by atoms with Crippen molar-refractivity contribution in [1.29, 1.82) is 0 Å². The summed E-state index contributed by atoms with van der Waals surface area (Å²) in [7, 11) is 1.46. The van der Waals surface area contributed by atoms with Crippen LogP contribution in [-0.4, -0.2) is 18.6 Å². The average molecular weight is 249 g/mol. The van der Waals surface area contributed by atoms with Crippen molar-refractivity contribution in [3.8, 4) is 0 Å². The number of hydrogen-bond acceptors (Lipinski definition) is 3. The minimum atomic E-state index is -0.141. The summed E-state index contributed by atoms with van der Waals surface area (Å²) in [6.07, 6.45) is 3.73. The Labute approximate surface area is 110 Å². The molecule has 0 aliphatic heterocycles. The first-order valence-electron chi connectivity index (χ1n) is 6.17. The molecule has 100 valence electrons. The average Bonchev–Trinajstić information content (AvgIpc) is 2.17. The van der Waals surface area contributed by atoms with Gasteiger partial charge in [0.25, 0.3) is 0 Å². The number of carbonyl (C=O) groups excluding carboxylic acids is 1. The lowest BCUT2D eigenvalue weighted by molar-refractivity contribution is -0.109. The third-order valence-corrected chi connectivity index (χ3v) is 2.93. The molecule has 1 rings (SSSR count). The van der Waals surface area contributed by atoms with Gasteiger partial charge in [-0.05, 0) is 28.1 Å². The highest BCUT2D eigenvalue weighted by molar-refractivity contribution is 6.50. The molecule has 0 N–H and O–H groups in total. The molecule has 0 bridgehead atoms. The van der Waals surface area contributed by atoms with E-state index in [1.165, 1.54) is 7.11 Å². The second-order valence-corrected chi connectivity index (χ2v) is 6.64. The van der Waals surface area contributed by atoms with Crippen LogP contribution < -0.4 is 0 Å². The van der Waals surface area contributed by atoms with Gasteiger partial charge in [-0.3, -0.25) is 4.79 Å². The third kappa shape index (κ3) is 3.09. The number of rotatable bonds is 1. The fourth-order valence-electron chi connectivity index (χ4n) is 1.80. The Hall–Kier alpha value is -1.38. The molecule has 0 spiro atoms. The first-order valence-corrected chi connectivity index (χ1v) is 6.17. The van der Waals surface area contributed by atoms with Crippen LogP contribution in [0, 0.1) is 10.8 Å². The fraction of sp³-hybridized carbons (Fsp3) is 0.600. The molecule has 0 saturated carbocycles. The molecule has 1 aliphatic carbocycles. The Morgan fingerprint density at radius 2 is 1.56 bits per heavy atom. The highest BCUT2D eigenvalue weighted by atomic mass is 16.6. The van der Waals surface area contributed by atoms with Crippen molar-refractivity contribution in [2.75, 3.05) is 7.11 Å². The van der Waals surface area contributed by atoms with E-state index in [-0.39, 0.29) is 16.6 Å². The summed E-state index contributed by atoms with van der Waals surface area (Å²) in [6.45, 7) is 12.5. The maximum atomic E-state index is 12.2. The Kier molecular flexibility index (Phi) is 3.84. The van der Waals surface area contributed by atoms with Gasteiger partial charge in [-0.2, -0.15) is 0 Å². The monoisotopic (exact) mass is 249 g/mol. The van der Waals surface area contributed by atoms with Crippen molar-refractivity contribution in [2.24, 2.45) is 16.0 Å². The van der Waals surface area contributed by atoms with E-state index in [1.54, 1.807) is 6.08 Å². The van der Waals surface area contributed by atoms with Crippen LogP contribution in [0.5, 0.6) is 0 Å². The summed E-state index contributed by atoms with van der Waals surface area (Å²) >= 11 is 0. The van der Waals surface area contributed by atoms with E-state index in [4.69, 9.17) is 4.84 Å². The predicted molar refractivity (Wildman–Crippen MR) is 74.5 cm³/mol. The van der Waals surface area contributed by atoms with E-state index < -0.39 is 0 Å². The van der Waals surface area contributed by atoms with Crippen LogP contribution in [0.2, 0.25) is 0 Å². The van der Waals surface area contributed by atoms with Crippen molar-refractivity contribution in [2.45, 2.75) is 41.5 Å². The third-order valence-electron chi connectivity index (χ3n) is 2.93. The highest BCUT2D eigenvalue weighted by Gasteiger charge is 2.32. The Balaban J connectivity index is 3.37. The minimum absolute atomic E-state index is 0.0508. The van der Waals surface area contributed by atoms with Crippen LogP contribution in [0.1, 0.15) is 41.5 Å². The zero-order valence-corrected chi connectivity index (χ0v) is 12.4. The van der Waals surface area contributed by atoms with Crippen molar-refractivity contribution < 1.29 is 9.63 Å². The van der Waals surface area contributed by atoms with E-state index in [0.29, 0.717) is 5.71 Å². The maximum Gasteiger partial charge on any atom is 0.208 e. The number of oxime groups is 1. The first kappa shape index (κ1) is 14.7. The molecule has 18 heavy (non-hydrogen) atoms. The first-order chi connectivity index (χ1) is 8.07. The van der Waals surface area contributed by atoms with Gasteiger partial charge in [0.1, 0.15) is 7.11 Å². The van der Waals surface area contributed by atoms with E-state index >= 15 is 0 Å². The molecule has 0 aromatic rings. The van der Waals surface area contributed by atoms with Crippen molar-refractivity contribution in [3.63, 3.8) is 0 Å². The van der Waals surface area contributed by atoms with Gasteiger partial charge in [-0.15, -0.1) is 0 Å². The van der Waals surface area contributed by atoms with Gasteiger partial charge in [0.2, 0.25) is 5.78 Å². The molecule has 0 atom stereocenters. The largest absolute Gasteiger partial charge is 0.399 e. The van der Waals surface area contributed by atoms with Gasteiger partial charge < -0.3 is 4.84 Å². The summed E-state index contributed by atoms with van der Waals surface area (Å²) in [5.74, 6) is -0.0748. The summed E-state index contributed by atoms with van der Waals surface area (Å²) in [5.41, 5.74) is 2.19. The normalized spacial score (nSPS) is 19.7. The summed E-state index contributed by atoms with van der Waals surface area (Å²) in [6, 6.07) is 0.